The number of anilines is 1. The molecule has 0 radical (unpaired) electrons. The fourth-order valence-electron chi connectivity index (χ4n) is 2.27. The van der Waals surface area contributed by atoms with Crippen molar-refractivity contribution in [1.29, 1.82) is 0 Å². The zero-order valence-electron chi connectivity index (χ0n) is 14.2. The first-order valence-electron chi connectivity index (χ1n) is 7.45. The van der Waals surface area contributed by atoms with Crippen molar-refractivity contribution in [2.24, 2.45) is 0 Å². The second-order valence-electron chi connectivity index (χ2n) is 5.59. The number of alkyl halides is 6. The Hall–Kier alpha value is -2.95. The van der Waals surface area contributed by atoms with Crippen molar-refractivity contribution >= 4 is 29.2 Å². The maximum absolute atomic E-state index is 12.9. The molecule has 2 rings (SSSR count). The van der Waals surface area contributed by atoms with E-state index in [2.05, 4.69) is 0 Å². The Morgan fingerprint density at radius 1 is 0.966 bits per heavy atom. The summed E-state index contributed by atoms with van der Waals surface area (Å²) < 4.78 is 82.3. The van der Waals surface area contributed by atoms with Crippen molar-refractivity contribution in [3.8, 4) is 5.75 Å². The van der Waals surface area contributed by atoms with Gasteiger partial charge in [0.1, 0.15) is 11.3 Å². The van der Waals surface area contributed by atoms with Crippen molar-refractivity contribution in [2.75, 3.05) is 12.4 Å². The van der Waals surface area contributed by atoms with Crippen molar-refractivity contribution in [2.45, 2.75) is 12.4 Å². The smallest absolute Gasteiger partial charge is 0.416 e. The minimum absolute atomic E-state index is 0.117. The first kappa shape index (κ1) is 22.3. The van der Waals surface area contributed by atoms with E-state index in [4.69, 9.17) is 21.4 Å². The molecule has 1 amide bonds. The molecule has 0 atom stereocenters. The van der Waals surface area contributed by atoms with E-state index in [9.17, 15) is 35.9 Å². The number of rotatable bonds is 4. The lowest BCUT2D eigenvalue weighted by atomic mass is 10.0. The molecule has 0 saturated heterocycles. The Balaban J connectivity index is 2.49. The van der Waals surface area contributed by atoms with Gasteiger partial charge in [0, 0.05) is 11.6 Å². The van der Waals surface area contributed by atoms with Gasteiger partial charge in [-0.25, -0.2) is 4.79 Å². The zero-order valence-corrected chi connectivity index (χ0v) is 15.0. The van der Waals surface area contributed by atoms with E-state index in [1.54, 1.807) is 0 Å². The average molecular weight is 442 g/mol. The molecule has 0 heterocycles. The van der Waals surface area contributed by atoms with E-state index in [-0.39, 0.29) is 40.2 Å². The highest BCUT2D eigenvalue weighted by molar-refractivity contribution is 6.34. The van der Waals surface area contributed by atoms with Crippen LogP contribution >= 0.6 is 11.6 Å². The molecule has 0 unspecified atom stereocenters. The third-order valence-corrected chi connectivity index (χ3v) is 3.93. The summed E-state index contributed by atoms with van der Waals surface area (Å²) in [5, 5.41) is 10.8. The first-order valence-corrected chi connectivity index (χ1v) is 7.83. The number of benzene rings is 2. The largest absolute Gasteiger partial charge is 0.496 e. The number of aromatic carboxylic acids is 1. The summed E-state index contributed by atoms with van der Waals surface area (Å²) in [6, 6.07) is 2.27. The Bertz CT molecular complexity index is 939. The van der Waals surface area contributed by atoms with E-state index >= 15 is 0 Å². The number of methoxy groups -OCH3 is 1. The van der Waals surface area contributed by atoms with E-state index in [1.807, 2.05) is 5.32 Å². The second kappa shape index (κ2) is 7.82. The standard InChI is InChI=1S/C17H10ClF6NO4/c1-29-13-6-12(11(18)5-10(13)15(27)28)25-14(26)7-2-8(16(19,20)21)4-9(3-7)17(22,23)24/h2-6H,1H3,(H,25,26)(H,27,28). The first-order chi connectivity index (χ1) is 13.2. The number of hydrogen-bond acceptors (Lipinski definition) is 3. The van der Waals surface area contributed by atoms with Gasteiger partial charge in [0.2, 0.25) is 0 Å². The molecule has 2 N–H and O–H groups in total. The number of halogens is 7. The Labute approximate surface area is 163 Å². The molecule has 0 bridgehead atoms. The number of carbonyl (C=O) groups excluding carboxylic acids is 1. The zero-order chi connectivity index (χ0) is 22.1. The molecular formula is C17H10ClF6NO4. The predicted molar refractivity (Wildman–Crippen MR) is 89.4 cm³/mol. The summed E-state index contributed by atoms with van der Waals surface area (Å²) in [6.07, 6.45) is -10.2. The molecule has 0 saturated carbocycles. The molecule has 5 nitrogen and oxygen atoms in total. The molecule has 0 fully saturated rings. The van der Waals surface area contributed by atoms with E-state index in [0.29, 0.717) is 0 Å². The van der Waals surface area contributed by atoms with E-state index < -0.39 is 40.9 Å². The second-order valence-corrected chi connectivity index (χ2v) is 5.99. The van der Waals surface area contributed by atoms with Crippen LogP contribution < -0.4 is 10.1 Å². The summed E-state index contributed by atoms with van der Waals surface area (Å²) in [5.41, 5.74) is -4.90. The van der Waals surface area contributed by atoms with Crippen LogP contribution in [0.1, 0.15) is 31.8 Å². The van der Waals surface area contributed by atoms with Crippen molar-refractivity contribution in [1.82, 2.24) is 0 Å². The summed E-state index contributed by atoms with van der Waals surface area (Å²) in [6.45, 7) is 0. The highest BCUT2D eigenvalue weighted by Crippen LogP contribution is 2.37. The molecule has 0 aromatic heterocycles. The number of carboxylic acids is 1. The summed E-state index contributed by atoms with van der Waals surface area (Å²) in [5.74, 6) is -2.97. The summed E-state index contributed by atoms with van der Waals surface area (Å²) in [4.78, 5) is 23.4. The molecule has 0 spiro atoms. The van der Waals surface area contributed by atoms with Crippen LogP contribution in [0.2, 0.25) is 5.02 Å². The maximum Gasteiger partial charge on any atom is 0.416 e. The lowest BCUT2D eigenvalue weighted by Crippen LogP contribution is -2.17. The number of carboxylic acid groups (broad SMARTS) is 1. The lowest BCUT2D eigenvalue weighted by molar-refractivity contribution is -0.143. The Morgan fingerprint density at radius 3 is 1.90 bits per heavy atom. The maximum atomic E-state index is 12.9. The molecule has 0 aliphatic heterocycles. The normalized spacial score (nSPS) is 11.9. The minimum Gasteiger partial charge on any atom is -0.496 e. The highest BCUT2D eigenvalue weighted by Gasteiger charge is 2.37. The minimum atomic E-state index is -5.12. The number of hydrogen-bond donors (Lipinski definition) is 2. The molecule has 2 aromatic rings. The van der Waals surface area contributed by atoms with Crippen molar-refractivity contribution in [3.63, 3.8) is 0 Å². The van der Waals surface area contributed by atoms with Gasteiger partial charge in [0.25, 0.3) is 5.91 Å². The van der Waals surface area contributed by atoms with Gasteiger partial charge in [0.05, 0.1) is 28.9 Å². The molecule has 29 heavy (non-hydrogen) atoms. The van der Waals surface area contributed by atoms with Crippen LogP contribution in [0.3, 0.4) is 0 Å². The van der Waals surface area contributed by atoms with E-state index in [0.717, 1.165) is 19.2 Å². The quantitative estimate of drug-likeness (QED) is 0.628. The summed E-state index contributed by atoms with van der Waals surface area (Å²) in [7, 11) is 1.11. The molecular weight excluding hydrogens is 432 g/mol. The molecule has 156 valence electrons. The van der Waals surface area contributed by atoms with Crippen LogP contribution in [-0.4, -0.2) is 24.1 Å². The van der Waals surface area contributed by atoms with Gasteiger partial charge in [-0.2, -0.15) is 26.3 Å². The van der Waals surface area contributed by atoms with Crippen LogP contribution in [0.5, 0.6) is 5.75 Å². The number of ether oxygens (including phenoxy) is 1. The van der Waals surface area contributed by atoms with Gasteiger partial charge in [-0.3, -0.25) is 4.79 Å². The third kappa shape index (κ3) is 5.11. The Morgan fingerprint density at radius 2 is 1.48 bits per heavy atom. The van der Waals surface area contributed by atoms with Gasteiger partial charge >= 0.3 is 18.3 Å². The van der Waals surface area contributed by atoms with Crippen LogP contribution in [-0.2, 0) is 12.4 Å². The number of carbonyl (C=O) groups is 2. The van der Waals surface area contributed by atoms with Crippen LogP contribution in [0.4, 0.5) is 32.0 Å². The van der Waals surface area contributed by atoms with Gasteiger partial charge in [0.15, 0.2) is 0 Å². The molecule has 0 aliphatic rings. The fourth-order valence-corrected chi connectivity index (χ4v) is 2.48. The highest BCUT2D eigenvalue weighted by atomic mass is 35.5. The van der Waals surface area contributed by atoms with Crippen LogP contribution in [0, 0.1) is 0 Å². The Kier molecular flexibility index (Phi) is 6.02. The monoisotopic (exact) mass is 441 g/mol. The van der Waals surface area contributed by atoms with Gasteiger partial charge < -0.3 is 15.2 Å². The average Bonchev–Trinajstić information content (AvgIpc) is 2.60. The summed E-state index contributed by atoms with van der Waals surface area (Å²) >= 11 is 5.85. The van der Waals surface area contributed by atoms with Gasteiger partial charge in [-0.15, -0.1) is 0 Å². The number of nitrogens with one attached hydrogen (secondary N) is 1. The van der Waals surface area contributed by atoms with Gasteiger partial charge in [-0.05, 0) is 24.3 Å². The fraction of sp³-hybridized carbons (Fsp3) is 0.176. The van der Waals surface area contributed by atoms with Crippen LogP contribution in [0.15, 0.2) is 30.3 Å². The molecule has 0 aliphatic carbocycles. The SMILES string of the molecule is COc1cc(NC(=O)c2cc(C(F)(F)F)cc(C(F)(F)F)c2)c(Cl)cc1C(=O)O. The van der Waals surface area contributed by atoms with Crippen LogP contribution in [0.25, 0.3) is 0 Å². The topological polar surface area (TPSA) is 75.6 Å². The van der Waals surface area contributed by atoms with Crippen molar-refractivity contribution < 1.29 is 45.8 Å². The molecule has 2 aromatic carbocycles. The van der Waals surface area contributed by atoms with Gasteiger partial charge in [-0.1, -0.05) is 11.6 Å². The molecule has 12 heteroatoms. The lowest BCUT2D eigenvalue weighted by Gasteiger charge is -2.15. The third-order valence-electron chi connectivity index (χ3n) is 3.62. The predicted octanol–water partition coefficient (Wildman–Crippen LogP) is 5.34. The van der Waals surface area contributed by atoms with Crippen molar-refractivity contribution in [3.05, 3.63) is 57.6 Å². The van der Waals surface area contributed by atoms with E-state index in [1.165, 1.54) is 0 Å². The number of amides is 1.